The van der Waals surface area contributed by atoms with Crippen LogP contribution in [-0.2, 0) is 11.3 Å². The molecule has 0 unspecified atom stereocenters. The van der Waals surface area contributed by atoms with Crippen molar-refractivity contribution in [2.24, 2.45) is 0 Å². The smallest absolute Gasteiger partial charge is 0.407 e. The van der Waals surface area contributed by atoms with Gasteiger partial charge in [0.2, 0.25) is 0 Å². The van der Waals surface area contributed by atoms with Crippen LogP contribution in [-0.4, -0.2) is 28.7 Å². The molecular weight excluding hydrogens is 310 g/mol. The van der Waals surface area contributed by atoms with Crippen molar-refractivity contribution < 1.29 is 14.5 Å². The number of benzene rings is 1. The summed E-state index contributed by atoms with van der Waals surface area (Å²) in [7, 11) is 0. The molecule has 1 amide bonds. The fraction of sp³-hybridized carbons (Fsp3) is 0.588. The topological polar surface area (TPSA) is 93.5 Å². The molecule has 0 spiro atoms. The van der Waals surface area contributed by atoms with Crippen molar-refractivity contribution >= 4 is 11.8 Å². The third kappa shape index (κ3) is 5.19. The highest BCUT2D eigenvalue weighted by molar-refractivity contribution is 5.68. The molecule has 1 aromatic carbocycles. The fourth-order valence-electron chi connectivity index (χ4n) is 2.60. The molecule has 7 nitrogen and oxygen atoms in total. The minimum atomic E-state index is -0.494. The normalized spacial score (nSPS) is 20.2. The zero-order chi connectivity index (χ0) is 17.9. The largest absolute Gasteiger partial charge is 0.444 e. The molecule has 1 fully saturated rings. The van der Waals surface area contributed by atoms with Crippen molar-refractivity contribution in [3.8, 4) is 0 Å². The van der Waals surface area contributed by atoms with Gasteiger partial charge in [-0.2, -0.15) is 0 Å². The summed E-state index contributed by atoms with van der Waals surface area (Å²) in [6.07, 6.45) is 1.26. The maximum atomic E-state index is 11.7. The number of carbonyl (C=O) groups is 1. The number of ether oxygens (including phenoxy) is 1. The molecule has 0 aliphatic heterocycles. The SMILES string of the molecule is Cc1ccc(CNC2CC(NC(=O)OC(C)(C)C)C2)cc1[N+](=O)[O-]. The van der Waals surface area contributed by atoms with E-state index >= 15 is 0 Å². The summed E-state index contributed by atoms with van der Waals surface area (Å²) >= 11 is 0. The summed E-state index contributed by atoms with van der Waals surface area (Å²) in [6, 6.07) is 5.68. The molecule has 0 radical (unpaired) electrons. The molecule has 132 valence electrons. The second-order valence-corrected chi connectivity index (χ2v) is 7.27. The van der Waals surface area contributed by atoms with Crippen LogP contribution in [0.3, 0.4) is 0 Å². The van der Waals surface area contributed by atoms with Gasteiger partial charge in [-0.3, -0.25) is 10.1 Å². The van der Waals surface area contributed by atoms with E-state index in [1.54, 1.807) is 19.1 Å². The number of nitrogens with zero attached hydrogens (tertiary/aromatic N) is 1. The second-order valence-electron chi connectivity index (χ2n) is 7.27. The minimum absolute atomic E-state index is 0.115. The summed E-state index contributed by atoms with van der Waals surface area (Å²) in [4.78, 5) is 22.3. The van der Waals surface area contributed by atoms with Crippen LogP contribution in [0.5, 0.6) is 0 Å². The van der Waals surface area contributed by atoms with Gasteiger partial charge in [0.05, 0.1) is 4.92 Å². The lowest BCUT2D eigenvalue weighted by molar-refractivity contribution is -0.385. The zero-order valence-electron chi connectivity index (χ0n) is 14.6. The minimum Gasteiger partial charge on any atom is -0.444 e. The maximum absolute atomic E-state index is 11.7. The Morgan fingerprint density at radius 2 is 2.00 bits per heavy atom. The van der Waals surface area contributed by atoms with Gasteiger partial charge in [-0.25, -0.2) is 4.79 Å². The molecule has 0 saturated heterocycles. The number of nitrogens with one attached hydrogen (secondary N) is 2. The predicted molar refractivity (Wildman–Crippen MR) is 90.9 cm³/mol. The molecule has 0 aromatic heterocycles. The molecule has 0 heterocycles. The summed E-state index contributed by atoms with van der Waals surface area (Å²) in [5, 5.41) is 17.2. The van der Waals surface area contributed by atoms with Crippen LogP contribution in [0, 0.1) is 17.0 Å². The summed E-state index contributed by atoms with van der Waals surface area (Å²) in [6.45, 7) is 7.80. The highest BCUT2D eigenvalue weighted by atomic mass is 16.6. The Morgan fingerprint density at radius 3 is 2.58 bits per heavy atom. The van der Waals surface area contributed by atoms with Crippen LogP contribution in [0.25, 0.3) is 0 Å². The van der Waals surface area contributed by atoms with Crippen LogP contribution < -0.4 is 10.6 Å². The van der Waals surface area contributed by atoms with E-state index < -0.39 is 5.60 Å². The zero-order valence-corrected chi connectivity index (χ0v) is 14.6. The van der Waals surface area contributed by atoms with Crippen molar-refractivity contribution in [2.45, 2.75) is 64.8 Å². The predicted octanol–water partition coefficient (Wildman–Crippen LogP) is 3.05. The van der Waals surface area contributed by atoms with Crippen LogP contribution in [0.2, 0.25) is 0 Å². The third-order valence-electron chi connectivity index (χ3n) is 3.92. The van der Waals surface area contributed by atoms with Gasteiger partial charge in [0, 0.05) is 30.3 Å². The number of amides is 1. The van der Waals surface area contributed by atoms with Gasteiger partial charge in [0.1, 0.15) is 5.60 Å². The molecule has 7 heteroatoms. The summed E-state index contributed by atoms with van der Waals surface area (Å²) < 4.78 is 5.22. The first-order valence-electron chi connectivity index (χ1n) is 8.11. The highest BCUT2D eigenvalue weighted by Gasteiger charge is 2.31. The molecular formula is C17H25N3O4. The molecule has 2 rings (SSSR count). The number of alkyl carbamates (subject to hydrolysis) is 1. The Labute approximate surface area is 141 Å². The van der Waals surface area contributed by atoms with Crippen LogP contribution in [0.4, 0.5) is 10.5 Å². The average molecular weight is 335 g/mol. The van der Waals surface area contributed by atoms with E-state index in [1.165, 1.54) is 0 Å². The van der Waals surface area contributed by atoms with Gasteiger partial charge in [0.25, 0.3) is 5.69 Å². The lowest BCUT2D eigenvalue weighted by Crippen LogP contribution is -2.52. The van der Waals surface area contributed by atoms with Gasteiger partial charge in [-0.15, -0.1) is 0 Å². The van der Waals surface area contributed by atoms with E-state index in [2.05, 4.69) is 10.6 Å². The molecule has 0 atom stereocenters. The lowest BCUT2D eigenvalue weighted by atomic mass is 9.86. The Hall–Kier alpha value is -2.15. The average Bonchev–Trinajstić information content (AvgIpc) is 2.40. The highest BCUT2D eigenvalue weighted by Crippen LogP contribution is 2.23. The van der Waals surface area contributed by atoms with Crippen LogP contribution in [0.15, 0.2) is 18.2 Å². The number of carbonyl (C=O) groups excluding carboxylic acids is 1. The fourth-order valence-corrected chi connectivity index (χ4v) is 2.60. The lowest BCUT2D eigenvalue weighted by Gasteiger charge is -2.36. The number of hydrogen-bond acceptors (Lipinski definition) is 5. The van der Waals surface area contributed by atoms with E-state index in [0.717, 1.165) is 18.4 Å². The van der Waals surface area contributed by atoms with E-state index in [-0.39, 0.29) is 22.7 Å². The third-order valence-corrected chi connectivity index (χ3v) is 3.92. The number of nitro groups is 1. The van der Waals surface area contributed by atoms with Gasteiger partial charge < -0.3 is 15.4 Å². The van der Waals surface area contributed by atoms with Gasteiger partial charge >= 0.3 is 6.09 Å². The molecule has 2 N–H and O–H groups in total. The van der Waals surface area contributed by atoms with E-state index in [1.807, 2.05) is 26.8 Å². The first-order valence-corrected chi connectivity index (χ1v) is 8.11. The van der Waals surface area contributed by atoms with Crippen molar-refractivity contribution in [3.63, 3.8) is 0 Å². The quantitative estimate of drug-likeness (QED) is 0.637. The Morgan fingerprint density at radius 1 is 1.33 bits per heavy atom. The molecule has 1 aromatic rings. The van der Waals surface area contributed by atoms with Crippen molar-refractivity contribution in [1.82, 2.24) is 10.6 Å². The molecule has 1 aliphatic carbocycles. The Kier molecular flexibility index (Phi) is 5.43. The van der Waals surface area contributed by atoms with Crippen molar-refractivity contribution in [3.05, 3.63) is 39.4 Å². The summed E-state index contributed by atoms with van der Waals surface area (Å²) in [5.41, 5.74) is 1.20. The second kappa shape index (κ2) is 7.17. The number of rotatable bonds is 5. The van der Waals surface area contributed by atoms with Crippen molar-refractivity contribution in [2.75, 3.05) is 0 Å². The van der Waals surface area contributed by atoms with Gasteiger partial charge in [-0.05, 0) is 46.1 Å². The van der Waals surface area contributed by atoms with E-state index in [9.17, 15) is 14.9 Å². The Bertz CT molecular complexity index is 619. The molecule has 24 heavy (non-hydrogen) atoms. The number of hydrogen-bond donors (Lipinski definition) is 2. The van der Waals surface area contributed by atoms with Gasteiger partial charge in [-0.1, -0.05) is 12.1 Å². The Balaban J connectivity index is 1.74. The standard InChI is InChI=1S/C17H25N3O4/c1-11-5-6-12(7-15(11)20(22)23)10-18-13-8-14(9-13)19-16(21)24-17(2,3)4/h5-7,13-14,18H,8-10H2,1-4H3,(H,19,21). The number of nitro benzene ring substituents is 1. The molecule has 1 saturated carbocycles. The van der Waals surface area contributed by atoms with Gasteiger partial charge in [0.15, 0.2) is 0 Å². The molecule has 1 aliphatic rings. The van der Waals surface area contributed by atoms with E-state index in [0.29, 0.717) is 18.2 Å². The van der Waals surface area contributed by atoms with Crippen LogP contribution >= 0.6 is 0 Å². The first kappa shape index (κ1) is 18.2. The maximum Gasteiger partial charge on any atom is 0.407 e. The first-order chi connectivity index (χ1) is 11.1. The van der Waals surface area contributed by atoms with E-state index in [4.69, 9.17) is 4.74 Å². The van der Waals surface area contributed by atoms with Crippen molar-refractivity contribution in [1.29, 1.82) is 0 Å². The monoisotopic (exact) mass is 335 g/mol. The van der Waals surface area contributed by atoms with Crippen LogP contribution in [0.1, 0.15) is 44.7 Å². The summed E-state index contributed by atoms with van der Waals surface area (Å²) in [5.74, 6) is 0. The molecule has 0 bridgehead atoms. The number of aryl methyl sites for hydroxylation is 1.